The summed E-state index contributed by atoms with van der Waals surface area (Å²) in [6.07, 6.45) is 2.21. The average molecular weight is 252 g/mol. The molecule has 0 radical (unpaired) electrons. The number of hydrogen-bond donors (Lipinski definition) is 1. The van der Waals surface area contributed by atoms with E-state index in [4.69, 9.17) is 5.73 Å². The highest BCUT2D eigenvalue weighted by molar-refractivity contribution is 7.08. The molecule has 0 aromatic carbocycles. The van der Waals surface area contributed by atoms with E-state index in [0.717, 1.165) is 37.1 Å². The molecule has 2 atom stereocenters. The van der Waals surface area contributed by atoms with Crippen molar-refractivity contribution < 1.29 is 4.79 Å². The van der Waals surface area contributed by atoms with Crippen LogP contribution in [0.25, 0.3) is 0 Å². The molecule has 2 rings (SSSR count). The second kappa shape index (κ2) is 5.19. The summed E-state index contributed by atoms with van der Waals surface area (Å²) in [6, 6.07) is 0.175. The molecule has 1 saturated heterocycles. The second-order valence-electron chi connectivity index (χ2n) is 4.98. The van der Waals surface area contributed by atoms with E-state index < -0.39 is 0 Å². The van der Waals surface area contributed by atoms with E-state index in [1.54, 1.807) is 11.3 Å². The zero-order valence-corrected chi connectivity index (χ0v) is 11.3. The van der Waals surface area contributed by atoms with Crippen molar-refractivity contribution in [2.24, 2.45) is 11.7 Å². The van der Waals surface area contributed by atoms with Gasteiger partial charge in [-0.2, -0.15) is 11.3 Å². The molecule has 1 amide bonds. The molecule has 1 aliphatic heterocycles. The van der Waals surface area contributed by atoms with E-state index in [2.05, 4.69) is 0 Å². The lowest BCUT2D eigenvalue weighted by atomic mass is 9.92. The molecule has 94 valence electrons. The number of hydrogen-bond acceptors (Lipinski definition) is 3. The molecular weight excluding hydrogens is 232 g/mol. The fraction of sp³-hybridized carbons (Fsp3) is 0.615. The highest BCUT2D eigenvalue weighted by atomic mass is 32.1. The van der Waals surface area contributed by atoms with Gasteiger partial charge in [0.15, 0.2) is 0 Å². The van der Waals surface area contributed by atoms with Gasteiger partial charge in [-0.25, -0.2) is 0 Å². The van der Waals surface area contributed by atoms with E-state index in [1.165, 1.54) is 0 Å². The number of nitrogens with zero attached hydrogens (tertiary/aromatic N) is 1. The van der Waals surface area contributed by atoms with Crippen LogP contribution in [-0.4, -0.2) is 29.9 Å². The Morgan fingerprint density at radius 1 is 1.59 bits per heavy atom. The number of thiophene rings is 1. The molecule has 0 aliphatic carbocycles. The molecule has 4 heteroatoms. The molecular formula is C13H20N2OS. The summed E-state index contributed by atoms with van der Waals surface area (Å²) in [5.74, 6) is 0.626. The lowest BCUT2D eigenvalue weighted by molar-refractivity contribution is 0.0661. The number of likely N-dealkylation sites (tertiary alicyclic amines) is 1. The average Bonchev–Trinajstić information content (AvgIpc) is 2.74. The zero-order valence-electron chi connectivity index (χ0n) is 10.5. The highest BCUT2D eigenvalue weighted by Gasteiger charge is 2.27. The van der Waals surface area contributed by atoms with Crippen LogP contribution < -0.4 is 5.73 Å². The van der Waals surface area contributed by atoms with Crippen LogP contribution in [0.15, 0.2) is 10.8 Å². The summed E-state index contributed by atoms with van der Waals surface area (Å²) in [7, 11) is 0. The van der Waals surface area contributed by atoms with Crippen molar-refractivity contribution in [2.45, 2.75) is 32.7 Å². The van der Waals surface area contributed by atoms with Gasteiger partial charge < -0.3 is 10.6 Å². The van der Waals surface area contributed by atoms with E-state index in [-0.39, 0.29) is 11.9 Å². The standard InChI is InChI=1S/C13H20N2OS/c1-9-7-17-8-12(9)13(16)15-5-3-4-11(6-15)10(2)14/h7-8,10-11H,3-6,14H2,1-2H3/t10-,11+/m1/s1. The molecule has 0 bridgehead atoms. The van der Waals surface area contributed by atoms with Gasteiger partial charge in [0.2, 0.25) is 0 Å². The number of amides is 1. The van der Waals surface area contributed by atoms with Crippen molar-refractivity contribution in [3.8, 4) is 0 Å². The van der Waals surface area contributed by atoms with Crippen LogP contribution in [0.2, 0.25) is 0 Å². The van der Waals surface area contributed by atoms with Gasteiger partial charge in [-0.05, 0) is 43.6 Å². The third-order valence-electron chi connectivity index (χ3n) is 3.57. The van der Waals surface area contributed by atoms with Crippen molar-refractivity contribution in [2.75, 3.05) is 13.1 Å². The first-order valence-corrected chi connectivity index (χ1v) is 7.11. The summed E-state index contributed by atoms with van der Waals surface area (Å²) in [6.45, 7) is 5.72. The lowest BCUT2D eigenvalue weighted by Gasteiger charge is -2.34. The van der Waals surface area contributed by atoms with Crippen LogP contribution in [0.4, 0.5) is 0 Å². The third-order valence-corrected chi connectivity index (χ3v) is 4.44. The normalized spacial score (nSPS) is 22.5. The summed E-state index contributed by atoms with van der Waals surface area (Å²) in [5.41, 5.74) is 7.89. The summed E-state index contributed by atoms with van der Waals surface area (Å²) in [4.78, 5) is 14.3. The highest BCUT2D eigenvalue weighted by Crippen LogP contribution is 2.22. The quantitative estimate of drug-likeness (QED) is 0.877. The first-order valence-electron chi connectivity index (χ1n) is 6.17. The predicted octanol–water partition coefficient (Wildman–Crippen LogP) is 2.26. The van der Waals surface area contributed by atoms with E-state index in [9.17, 15) is 4.79 Å². The van der Waals surface area contributed by atoms with Gasteiger partial charge in [0.1, 0.15) is 0 Å². The smallest absolute Gasteiger partial charge is 0.254 e. The summed E-state index contributed by atoms with van der Waals surface area (Å²) >= 11 is 1.59. The lowest BCUT2D eigenvalue weighted by Crippen LogP contribution is -2.45. The maximum Gasteiger partial charge on any atom is 0.254 e. The molecule has 0 saturated carbocycles. The van der Waals surface area contributed by atoms with Crippen molar-refractivity contribution in [1.29, 1.82) is 0 Å². The molecule has 0 unspecified atom stereocenters. The molecule has 1 aromatic rings. The molecule has 1 aliphatic rings. The van der Waals surface area contributed by atoms with Crippen LogP contribution in [-0.2, 0) is 0 Å². The molecule has 17 heavy (non-hydrogen) atoms. The van der Waals surface area contributed by atoms with Crippen LogP contribution in [0.5, 0.6) is 0 Å². The number of aryl methyl sites for hydroxylation is 1. The molecule has 2 N–H and O–H groups in total. The van der Waals surface area contributed by atoms with Gasteiger partial charge in [0.05, 0.1) is 5.56 Å². The number of carbonyl (C=O) groups is 1. The van der Waals surface area contributed by atoms with Crippen molar-refractivity contribution in [3.05, 3.63) is 21.9 Å². The van der Waals surface area contributed by atoms with Gasteiger partial charge in [-0.3, -0.25) is 4.79 Å². The summed E-state index contributed by atoms with van der Waals surface area (Å²) in [5, 5.41) is 3.98. The molecule has 3 nitrogen and oxygen atoms in total. The van der Waals surface area contributed by atoms with Crippen molar-refractivity contribution in [1.82, 2.24) is 4.90 Å². The number of nitrogens with two attached hydrogens (primary N) is 1. The number of carbonyl (C=O) groups excluding carboxylic acids is 1. The second-order valence-corrected chi connectivity index (χ2v) is 5.72. The maximum atomic E-state index is 12.3. The van der Waals surface area contributed by atoms with Crippen molar-refractivity contribution in [3.63, 3.8) is 0 Å². The Balaban J connectivity index is 2.07. The third kappa shape index (κ3) is 2.69. The predicted molar refractivity (Wildman–Crippen MR) is 71.3 cm³/mol. The van der Waals surface area contributed by atoms with Gasteiger partial charge >= 0.3 is 0 Å². The maximum absolute atomic E-state index is 12.3. The Bertz CT molecular complexity index is 400. The van der Waals surface area contributed by atoms with Gasteiger partial charge in [0, 0.05) is 24.5 Å². The zero-order chi connectivity index (χ0) is 12.4. The van der Waals surface area contributed by atoms with Gasteiger partial charge in [-0.1, -0.05) is 0 Å². The SMILES string of the molecule is Cc1cscc1C(=O)N1CCC[C@H]([C@@H](C)N)C1. The Morgan fingerprint density at radius 3 is 2.94 bits per heavy atom. The molecule has 2 heterocycles. The molecule has 1 aromatic heterocycles. The van der Waals surface area contributed by atoms with Crippen LogP contribution in [0, 0.1) is 12.8 Å². The Labute approximate surface area is 107 Å². The first kappa shape index (κ1) is 12.6. The minimum absolute atomic E-state index is 0.175. The van der Waals surface area contributed by atoms with E-state index >= 15 is 0 Å². The van der Waals surface area contributed by atoms with Crippen molar-refractivity contribution >= 4 is 17.2 Å². The number of piperidine rings is 1. The van der Waals surface area contributed by atoms with E-state index in [0.29, 0.717) is 5.92 Å². The Morgan fingerprint density at radius 2 is 2.35 bits per heavy atom. The monoisotopic (exact) mass is 252 g/mol. The fourth-order valence-corrected chi connectivity index (χ4v) is 3.20. The van der Waals surface area contributed by atoms with Crippen LogP contribution in [0.3, 0.4) is 0 Å². The first-order chi connectivity index (χ1) is 8.09. The Hall–Kier alpha value is -0.870. The van der Waals surface area contributed by atoms with Crippen LogP contribution in [0.1, 0.15) is 35.7 Å². The molecule has 1 fully saturated rings. The topological polar surface area (TPSA) is 46.3 Å². The minimum Gasteiger partial charge on any atom is -0.338 e. The van der Waals surface area contributed by atoms with Gasteiger partial charge in [0.25, 0.3) is 5.91 Å². The Kier molecular flexibility index (Phi) is 3.84. The number of rotatable bonds is 2. The largest absolute Gasteiger partial charge is 0.338 e. The summed E-state index contributed by atoms with van der Waals surface area (Å²) < 4.78 is 0. The van der Waals surface area contributed by atoms with Gasteiger partial charge in [-0.15, -0.1) is 0 Å². The minimum atomic E-state index is 0.175. The van der Waals surface area contributed by atoms with E-state index in [1.807, 2.05) is 29.5 Å². The fourth-order valence-electron chi connectivity index (χ4n) is 2.37. The molecule has 0 spiro atoms. The van der Waals surface area contributed by atoms with Crippen LogP contribution >= 0.6 is 11.3 Å².